The molecule has 2 N–H and O–H groups in total. The highest BCUT2D eigenvalue weighted by Gasteiger charge is 2.28. The van der Waals surface area contributed by atoms with Crippen LogP contribution in [0.5, 0.6) is 0 Å². The second kappa shape index (κ2) is 6.74. The third kappa shape index (κ3) is 4.52. The largest absolute Gasteiger partial charge is 0.357 e. The lowest BCUT2D eigenvalue weighted by Gasteiger charge is -2.15. The zero-order valence-electron chi connectivity index (χ0n) is 11.7. The molecule has 1 heterocycles. The number of guanidine groups is 1. The highest BCUT2D eigenvalue weighted by molar-refractivity contribution is 7.91. The second-order valence-corrected chi connectivity index (χ2v) is 7.15. The minimum Gasteiger partial charge on any atom is -0.357 e. The summed E-state index contributed by atoms with van der Waals surface area (Å²) in [6, 6.07) is 9.94. The fraction of sp³-hybridized carbons (Fsp3) is 0.500. The Hall–Kier alpha value is -1.56. The van der Waals surface area contributed by atoms with E-state index >= 15 is 0 Å². The van der Waals surface area contributed by atoms with E-state index in [0.717, 1.165) is 12.1 Å². The average Bonchev–Trinajstić information content (AvgIpc) is 2.77. The molecule has 20 heavy (non-hydrogen) atoms. The van der Waals surface area contributed by atoms with Crippen molar-refractivity contribution in [1.29, 1.82) is 0 Å². The third-order valence-electron chi connectivity index (χ3n) is 3.18. The van der Waals surface area contributed by atoms with E-state index in [1.807, 2.05) is 37.3 Å². The molecular formula is C14H21N3O2S. The summed E-state index contributed by atoms with van der Waals surface area (Å²) in [6.45, 7) is 3.32. The van der Waals surface area contributed by atoms with Crippen molar-refractivity contribution in [2.45, 2.75) is 25.9 Å². The van der Waals surface area contributed by atoms with Crippen LogP contribution >= 0.6 is 0 Å². The first-order chi connectivity index (χ1) is 9.59. The Morgan fingerprint density at radius 2 is 2.10 bits per heavy atom. The fourth-order valence-corrected chi connectivity index (χ4v) is 3.85. The minimum atomic E-state index is -2.87. The van der Waals surface area contributed by atoms with Crippen LogP contribution < -0.4 is 10.6 Å². The molecule has 1 aliphatic rings. The van der Waals surface area contributed by atoms with Crippen molar-refractivity contribution in [1.82, 2.24) is 10.6 Å². The van der Waals surface area contributed by atoms with Crippen molar-refractivity contribution in [3.05, 3.63) is 35.9 Å². The second-order valence-electron chi connectivity index (χ2n) is 4.93. The molecule has 0 amide bonds. The van der Waals surface area contributed by atoms with Crippen LogP contribution in [0, 0.1) is 0 Å². The van der Waals surface area contributed by atoms with Gasteiger partial charge in [0.05, 0.1) is 18.1 Å². The number of nitrogens with one attached hydrogen (secondary N) is 2. The Balaban J connectivity index is 1.96. The van der Waals surface area contributed by atoms with Gasteiger partial charge in [0.15, 0.2) is 15.8 Å². The topological polar surface area (TPSA) is 70.6 Å². The number of benzene rings is 1. The molecule has 0 aliphatic carbocycles. The van der Waals surface area contributed by atoms with E-state index in [4.69, 9.17) is 0 Å². The van der Waals surface area contributed by atoms with Gasteiger partial charge in [-0.3, -0.25) is 0 Å². The maximum atomic E-state index is 11.5. The Labute approximate surface area is 120 Å². The van der Waals surface area contributed by atoms with Gasteiger partial charge in [-0.15, -0.1) is 0 Å². The number of hydrogen-bond donors (Lipinski definition) is 2. The van der Waals surface area contributed by atoms with E-state index in [0.29, 0.717) is 18.9 Å². The Kier molecular flexibility index (Phi) is 5.00. The van der Waals surface area contributed by atoms with Gasteiger partial charge in [-0.05, 0) is 18.9 Å². The van der Waals surface area contributed by atoms with Gasteiger partial charge in [-0.25, -0.2) is 13.4 Å². The van der Waals surface area contributed by atoms with E-state index in [1.165, 1.54) is 0 Å². The van der Waals surface area contributed by atoms with E-state index < -0.39 is 9.84 Å². The normalized spacial score (nSPS) is 21.6. The molecule has 0 spiro atoms. The molecule has 5 nitrogen and oxygen atoms in total. The summed E-state index contributed by atoms with van der Waals surface area (Å²) in [6.07, 6.45) is 0.651. The summed E-state index contributed by atoms with van der Waals surface area (Å²) < 4.78 is 22.9. The molecule has 2 rings (SSSR count). The van der Waals surface area contributed by atoms with Gasteiger partial charge >= 0.3 is 0 Å². The van der Waals surface area contributed by atoms with Crippen LogP contribution in [-0.2, 0) is 16.4 Å². The van der Waals surface area contributed by atoms with Crippen molar-refractivity contribution in [3.8, 4) is 0 Å². The lowest BCUT2D eigenvalue weighted by atomic mass is 10.2. The molecule has 1 fully saturated rings. The zero-order valence-corrected chi connectivity index (χ0v) is 12.5. The van der Waals surface area contributed by atoms with Gasteiger partial charge in [-0.2, -0.15) is 0 Å². The summed E-state index contributed by atoms with van der Waals surface area (Å²) in [5, 5.41) is 6.35. The highest BCUT2D eigenvalue weighted by atomic mass is 32.2. The molecule has 0 radical (unpaired) electrons. The molecule has 1 atom stereocenters. The molecular weight excluding hydrogens is 274 g/mol. The predicted octanol–water partition coefficient (Wildman–Crippen LogP) is 0.929. The first kappa shape index (κ1) is 14.8. The first-order valence-corrected chi connectivity index (χ1v) is 8.70. The van der Waals surface area contributed by atoms with E-state index in [-0.39, 0.29) is 17.5 Å². The first-order valence-electron chi connectivity index (χ1n) is 6.88. The Morgan fingerprint density at radius 3 is 2.70 bits per heavy atom. The third-order valence-corrected chi connectivity index (χ3v) is 4.95. The number of hydrogen-bond acceptors (Lipinski definition) is 3. The lowest BCUT2D eigenvalue weighted by molar-refractivity contribution is 0.599. The van der Waals surface area contributed by atoms with E-state index in [2.05, 4.69) is 15.6 Å². The summed E-state index contributed by atoms with van der Waals surface area (Å²) in [5.41, 5.74) is 1.13. The molecule has 1 aromatic rings. The summed E-state index contributed by atoms with van der Waals surface area (Å²) in [4.78, 5) is 4.49. The van der Waals surface area contributed by atoms with Gasteiger partial charge in [0.1, 0.15) is 0 Å². The van der Waals surface area contributed by atoms with Crippen LogP contribution in [0.15, 0.2) is 35.3 Å². The predicted molar refractivity (Wildman–Crippen MR) is 81.5 cm³/mol. The van der Waals surface area contributed by atoms with Gasteiger partial charge in [-0.1, -0.05) is 30.3 Å². The van der Waals surface area contributed by atoms with Gasteiger partial charge in [0.2, 0.25) is 0 Å². The van der Waals surface area contributed by atoms with Crippen LogP contribution in [0.3, 0.4) is 0 Å². The van der Waals surface area contributed by atoms with Crippen LogP contribution in [0.25, 0.3) is 0 Å². The van der Waals surface area contributed by atoms with Crippen molar-refractivity contribution < 1.29 is 8.42 Å². The summed E-state index contributed by atoms with van der Waals surface area (Å²) in [5.74, 6) is 1.14. The maximum Gasteiger partial charge on any atom is 0.191 e. The van der Waals surface area contributed by atoms with E-state index in [9.17, 15) is 8.42 Å². The maximum absolute atomic E-state index is 11.5. The number of sulfone groups is 1. The minimum absolute atomic E-state index is 0.0337. The molecule has 0 aromatic heterocycles. The molecule has 1 aliphatic heterocycles. The van der Waals surface area contributed by atoms with Crippen molar-refractivity contribution >= 4 is 15.8 Å². The van der Waals surface area contributed by atoms with Crippen molar-refractivity contribution in [2.75, 3.05) is 18.1 Å². The SMILES string of the molecule is CCNC(=NCc1ccccc1)NC1CCS(=O)(=O)C1. The van der Waals surface area contributed by atoms with Crippen molar-refractivity contribution in [3.63, 3.8) is 0 Å². The van der Waals surface area contributed by atoms with Crippen LogP contribution in [0.2, 0.25) is 0 Å². The summed E-state index contributed by atoms with van der Waals surface area (Å²) in [7, 11) is -2.87. The number of rotatable bonds is 4. The number of nitrogens with zero attached hydrogens (tertiary/aromatic N) is 1. The standard InChI is InChI=1S/C14H21N3O2S/c1-2-15-14(16-10-12-6-4-3-5-7-12)17-13-8-9-20(18,19)11-13/h3-7,13H,2,8-11H2,1H3,(H2,15,16,17). The molecule has 0 saturated carbocycles. The van der Waals surface area contributed by atoms with Crippen LogP contribution in [0.4, 0.5) is 0 Å². The Morgan fingerprint density at radius 1 is 1.35 bits per heavy atom. The number of aliphatic imine (C=N–C) groups is 1. The smallest absolute Gasteiger partial charge is 0.191 e. The van der Waals surface area contributed by atoms with E-state index in [1.54, 1.807) is 0 Å². The van der Waals surface area contributed by atoms with Gasteiger partial charge in [0.25, 0.3) is 0 Å². The average molecular weight is 295 g/mol. The molecule has 6 heteroatoms. The molecule has 1 unspecified atom stereocenters. The summed E-state index contributed by atoms with van der Waals surface area (Å²) >= 11 is 0. The molecule has 110 valence electrons. The lowest BCUT2D eigenvalue weighted by Crippen LogP contribution is -2.44. The fourth-order valence-electron chi connectivity index (χ4n) is 2.18. The highest BCUT2D eigenvalue weighted by Crippen LogP contribution is 2.11. The zero-order chi connectivity index (χ0) is 14.4. The van der Waals surface area contributed by atoms with Gasteiger partial charge < -0.3 is 10.6 Å². The van der Waals surface area contributed by atoms with Crippen LogP contribution in [0.1, 0.15) is 18.9 Å². The molecule has 0 bridgehead atoms. The molecule has 1 aromatic carbocycles. The van der Waals surface area contributed by atoms with Gasteiger partial charge in [0, 0.05) is 12.6 Å². The van der Waals surface area contributed by atoms with Crippen LogP contribution in [-0.4, -0.2) is 38.5 Å². The quantitative estimate of drug-likeness (QED) is 0.640. The molecule has 1 saturated heterocycles. The van der Waals surface area contributed by atoms with Crippen molar-refractivity contribution in [2.24, 2.45) is 4.99 Å². The monoisotopic (exact) mass is 295 g/mol. The Bertz CT molecular complexity index is 555.